The minimum Gasteiger partial charge on any atom is -0.493 e. The van der Waals surface area contributed by atoms with E-state index >= 15 is 0 Å². The van der Waals surface area contributed by atoms with Gasteiger partial charge in [0.05, 0.1) is 12.2 Å². The van der Waals surface area contributed by atoms with Crippen LogP contribution in [0.2, 0.25) is 0 Å². The second kappa shape index (κ2) is 4.79. The maximum atomic E-state index is 11.0. The van der Waals surface area contributed by atoms with E-state index in [1.54, 1.807) is 0 Å². The van der Waals surface area contributed by atoms with Gasteiger partial charge in [-0.2, -0.15) is 0 Å². The van der Waals surface area contributed by atoms with Crippen LogP contribution in [-0.4, -0.2) is 12.9 Å². The molecule has 0 unspecified atom stereocenters. The summed E-state index contributed by atoms with van der Waals surface area (Å²) in [6, 6.07) is 11.7. The van der Waals surface area contributed by atoms with Crippen LogP contribution in [0, 0.1) is 0 Å². The van der Waals surface area contributed by atoms with Crippen molar-refractivity contribution in [3.8, 4) is 5.75 Å². The number of rotatable bonds is 4. The number of hydrogen-bond acceptors (Lipinski definition) is 2. The van der Waals surface area contributed by atoms with Gasteiger partial charge in [0.15, 0.2) is 6.29 Å². The third-order valence-corrected chi connectivity index (χ3v) is 2.47. The summed E-state index contributed by atoms with van der Waals surface area (Å²) in [6.45, 7) is 2.68. The smallest absolute Gasteiger partial charge is 0.153 e. The molecule has 0 atom stereocenters. The van der Waals surface area contributed by atoms with Crippen molar-refractivity contribution >= 4 is 17.1 Å². The molecule has 2 heteroatoms. The average molecular weight is 214 g/mol. The highest BCUT2D eigenvalue weighted by Crippen LogP contribution is 2.24. The average Bonchev–Trinajstić information content (AvgIpc) is 2.35. The zero-order valence-electron chi connectivity index (χ0n) is 9.27. The molecule has 0 aliphatic rings. The maximum absolute atomic E-state index is 11.0. The van der Waals surface area contributed by atoms with Gasteiger partial charge in [0, 0.05) is 0 Å². The van der Waals surface area contributed by atoms with Crippen LogP contribution < -0.4 is 4.74 Å². The van der Waals surface area contributed by atoms with Crippen molar-refractivity contribution in [3.63, 3.8) is 0 Å². The van der Waals surface area contributed by atoms with Crippen LogP contribution in [0.15, 0.2) is 36.4 Å². The van der Waals surface area contributed by atoms with Gasteiger partial charge in [0.1, 0.15) is 5.75 Å². The van der Waals surface area contributed by atoms with E-state index < -0.39 is 0 Å². The zero-order chi connectivity index (χ0) is 11.4. The Bertz CT molecular complexity index is 503. The van der Waals surface area contributed by atoms with Crippen molar-refractivity contribution < 1.29 is 9.53 Å². The number of benzene rings is 2. The van der Waals surface area contributed by atoms with Crippen molar-refractivity contribution in [3.05, 3.63) is 42.0 Å². The predicted octanol–water partition coefficient (Wildman–Crippen LogP) is 3.44. The summed E-state index contributed by atoms with van der Waals surface area (Å²) in [5, 5.41) is 2.16. The van der Waals surface area contributed by atoms with E-state index in [1.165, 1.54) is 0 Å². The van der Waals surface area contributed by atoms with Crippen molar-refractivity contribution in [1.82, 2.24) is 0 Å². The second-order valence-corrected chi connectivity index (χ2v) is 3.70. The monoisotopic (exact) mass is 214 g/mol. The van der Waals surface area contributed by atoms with Crippen molar-refractivity contribution in [2.45, 2.75) is 13.3 Å². The highest BCUT2D eigenvalue weighted by molar-refractivity contribution is 5.92. The normalized spacial score (nSPS) is 10.3. The van der Waals surface area contributed by atoms with Crippen molar-refractivity contribution in [2.75, 3.05) is 6.61 Å². The molecule has 0 radical (unpaired) electrons. The lowest BCUT2D eigenvalue weighted by Crippen LogP contribution is -1.98. The van der Waals surface area contributed by atoms with Crippen molar-refractivity contribution in [2.24, 2.45) is 0 Å². The summed E-state index contributed by atoms with van der Waals surface area (Å²) in [4.78, 5) is 11.0. The van der Waals surface area contributed by atoms with Crippen LogP contribution >= 0.6 is 0 Å². The number of hydrogen-bond donors (Lipinski definition) is 0. The van der Waals surface area contributed by atoms with Gasteiger partial charge in [-0.3, -0.25) is 4.79 Å². The number of aldehydes is 1. The molecule has 0 heterocycles. The summed E-state index contributed by atoms with van der Waals surface area (Å²) in [6.07, 6.45) is 1.78. The third-order valence-electron chi connectivity index (χ3n) is 2.47. The molecule has 0 fully saturated rings. The number of ether oxygens (including phenoxy) is 1. The highest BCUT2D eigenvalue weighted by atomic mass is 16.5. The molecule has 0 N–H and O–H groups in total. The predicted molar refractivity (Wildman–Crippen MR) is 65.1 cm³/mol. The van der Waals surface area contributed by atoms with E-state index in [1.807, 2.05) is 43.3 Å². The lowest BCUT2D eigenvalue weighted by molar-refractivity contribution is 0.111. The van der Waals surface area contributed by atoms with Gasteiger partial charge in [-0.15, -0.1) is 0 Å². The molecule has 2 rings (SSSR count). The van der Waals surface area contributed by atoms with E-state index in [-0.39, 0.29) is 0 Å². The minimum absolute atomic E-state index is 0.618. The molecule has 0 bridgehead atoms. The molecular weight excluding hydrogens is 200 g/mol. The van der Waals surface area contributed by atoms with Gasteiger partial charge in [0.25, 0.3) is 0 Å². The highest BCUT2D eigenvalue weighted by Gasteiger charge is 2.04. The van der Waals surface area contributed by atoms with Crippen LogP contribution in [0.3, 0.4) is 0 Å². The Labute approximate surface area is 94.8 Å². The first-order valence-electron chi connectivity index (χ1n) is 5.46. The van der Waals surface area contributed by atoms with Crippen LogP contribution in [0.4, 0.5) is 0 Å². The first-order chi connectivity index (χ1) is 7.85. The van der Waals surface area contributed by atoms with E-state index in [4.69, 9.17) is 4.74 Å². The fraction of sp³-hybridized carbons (Fsp3) is 0.214. The molecule has 0 aromatic heterocycles. The van der Waals surface area contributed by atoms with Gasteiger partial charge in [-0.1, -0.05) is 31.2 Å². The number of carbonyl (C=O) groups excluding carboxylic acids is 1. The molecule has 0 aliphatic heterocycles. The van der Waals surface area contributed by atoms with Crippen LogP contribution in [0.5, 0.6) is 5.75 Å². The first kappa shape index (κ1) is 10.7. The molecule has 0 saturated carbocycles. The molecule has 2 aromatic rings. The molecule has 2 aromatic carbocycles. The van der Waals surface area contributed by atoms with E-state index in [2.05, 4.69) is 0 Å². The first-order valence-corrected chi connectivity index (χ1v) is 5.46. The standard InChI is InChI=1S/C14H14O2/c1-2-7-16-14-9-12-6-4-3-5-11(12)8-13(14)10-15/h3-6,8-10H,2,7H2,1H3. The molecule has 16 heavy (non-hydrogen) atoms. The SMILES string of the molecule is CCCOc1cc2ccccc2cc1C=O. The molecule has 0 amide bonds. The van der Waals surface area contributed by atoms with Crippen LogP contribution in [0.25, 0.3) is 10.8 Å². The van der Waals surface area contributed by atoms with Gasteiger partial charge < -0.3 is 4.74 Å². The van der Waals surface area contributed by atoms with Gasteiger partial charge in [0.2, 0.25) is 0 Å². The Kier molecular flexibility index (Phi) is 3.20. The molecule has 0 saturated heterocycles. The van der Waals surface area contributed by atoms with E-state index in [9.17, 15) is 4.79 Å². The Morgan fingerprint density at radius 2 is 1.88 bits per heavy atom. The summed E-state index contributed by atoms with van der Waals surface area (Å²) < 4.78 is 5.55. The number of carbonyl (C=O) groups is 1. The van der Waals surface area contributed by atoms with Crippen molar-refractivity contribution in [1.29, 1.82) is 0 Å². The lowest BCUT2D eigenvalue weighted by atomic mass is 10.1. The Hall–Kier alpha value is -1.83. The van der Waals surface area contributed by atoms with Crippen LogP contribution in [-0.2, 0) is 0 Å². The summed E-state index contributed by atoms with van der Waals surface area (Å²) >= 11 is 0. The molecule has 0 spiro atoms. The summed E-state index contributed by atoms with van der Waals surface area (Å²) in [5.74, 6) is 0.676. The van der Waals surface area contributed by atoms with Crippen LogP contribution in [0.1, 0.15) is 23.7 Å². The minimum atomic E-state index is 0.618. The van der Waals surface area contributed by atoms with E-state index in [0.717, 1.165) is 23.5 Å². The fourth-order valence-corrected chi connectivity index (χ4v) is 1.67. The van der Waals surface area contributed by atoms with Gasteiger partial charge in [-0.25, -0.2) is 0 Å². The Morgan fingerprint density at radius 1 is 1.19 bits per heavy atom. The quantitative estimate of drug-likeness (QED) is 0.729. The lowest BCUT2D eigenvalue weighted by Gasteiger charge is -2.08. The fourth-order valence-electron chi connectivity index (χ4n) is 1.67. The zero-order valence-corrected chi connectivity index (χ0v) is 9.27. The Balaban J connectivity index is 2.49. The molecule has 0 aliphatic carbocycles. The van der Waals surface area contributed by atoms with Gasteiger partial charge >= 0.3 is 0 Å². The molecule has 82 valence electrons. The number of fused-ring (bicyclic) bond motifs is 1. The van der Waals surface area contributed by atoms with E-state index in [0.29, 0.717) is 17.9 Å². The Morgan fingerprint density at radius 3 is 2.50 bits per heavy atom. The summed E-state index contributed by atoms with van der Waals surface area (Å²) in [7, 11) is 0. The molecule has 2 nitrogen and oxygen atoms in total. The van der Waals surface area contributed by atoms with Gasteiger partial charge in [-0.05, 0) is 29.3 Å². The summed E-state index contributed by atoms with van der Waals surface area (Å²) in [5.41, 5.74) is 0.618. The third kappa shape index (κ3) is 2.06. The maximum Gasteiger partial charge on any atom is 0.153 e. The molecular formula is C14H14O2. The topological polar surface area (TPSA) is 26.3 Å². The largest absolute Gasteiger partial charge is 0.493 e. The second-order valence-electron chi connectivity index (χ2n) is 3.70.